The third-order valence-corrected chi connectivity index (χ3v) is 3.53. The number of guanidine groups is 1. The average molecular weight is 334 g/mol. The first kappa shape index (κ1) is 19.6. The Labute approximate surface area is 141 Å². The molecule has 0 radical (unpaired) electrons. The number of carbonyl (C=O) groups excluding carboxylic acids is 2. The summed E-state index contributed by atoms with van der Waals surface area (Å²) in [6, 6.07) is 8.01. The molecule has 0 aliphatic heterocycles. The van der Waals surface area contributed by atoms with Crippen molar-refractivity contribution in [3.8, 4) is 0 Å². The molecule has 1 rings (SSSR count). The summed E-state index contributed by atoms with van der Waals surface area (Å²) in [5.74, 6) is -0.770. The normalized spacial score (nSPS) is 12.9. The lowest BCUT2D eigenvalue weighted by atomic mass is 10.0. The van der Waals surface area contributed by atoms with Crippen LogP contribution < -0.4 is 27.8 Å². The molecule has 1 aromatic rings. The van der Waals surface area contributed by atoms with Crippen LogP contribution in [0.1, 0.15) is 18.4 Å². The Morgan fingerprint density at radius 2 is 1.88 bits per heavy atom. The van der Waals surface area contributed by atoms with Gasteiger partial charge in [-0.1, -0.05) is 30.3 Å². The van der Waals surface area contributed by atoms with E-state index < -0.39 is 12.1 Å². The van der Waals surface area contributed by atoms with Gasteiger partial charge in [-0.15, -0.1) is 0 Å². The first-order valence-electron chi connectivity index (χ1n) is 7.84. The molecule has 0 saturated heterocycles. The lowest BCUT2D eigenvalue weighted by Crippen LogP contribution is -2.50. The summed E-state index contributed by atoms with van der Waals surface area (Å²) in [7, 11) is 0. The molecule has 0 aromatic heterocycles. The van der Waals surface area contributed by atoms with Crippen molar-refractivity contribution in [2.75, 3.05) is 13.1 Å². The minimum absolute atomic E-state index is 0.134. The highest BCUT2D eigenvalue weighted by Gasteiger charge is 2.22. The molecule has 2 unspecified atom stereocenters. The molecule has 0 aliphatic rings. The summed E-state index contributed by atoms with van der Waals surface area (Å²) in [5, 5.41) is 12.4. The van der Waals surface area contributed by atoms with E-state index in [0.717, 1.165) is 5.56 Å². The summed E-state index contributed by atoms with van der Waals surface area (Å²) in [6.45, 7) is 0.286. The van der Waals surface area contributed by atoms with Gasteiger partial charge in [-0.05, 0) is 24.8 Å². The molecule has 2 atom stereocenters. The maximum absolute atomic E-state index is 12.2. The van der Waals surface area contributed by atoms with Gasteiger partial charge in [-0.2, -0.15) is 0 Å². The van der Waals surface area contributed by atoms with Gasteiger partial charge >= 0.3 is 0 Å². The standard InChI is InChI=1S/C16H26N6O2/c17-10-14(23)13(7-4-8-21-16(19)20)22-15(24)12(18)9-11-5-2-1-3-6-11/h1-3,5-6,12-13H,4,7-10,17-18H2,(H,22,24)(H4,19,20,21). The number of nitrogens with one attached hydrogen (secondary N) is 3. The van der Waals surface area contributed by atoms with E-state index in [-0.39, 0.29) is 24.2 Å². The van der Waals surface area contributed by atoms with Crippen molar-refractivity contribution < 1.29 is 9.59 Å². The second kappa shape index (κ2) is 10.3. The molecular formula is C16H26N6O2. The van der Waals surface area contributed by atoms with Crippen LogP contribution in [0, 0.1) is 5.41 Å². The zero-order valence-corrected chi connectivity index (χ0v) is 13.6. The van der Waals surface area contributed by atoms with Gasteiger partial charge < -0.3 is 27.8 Å². The Hall–Kier alpha value is -2.45. The number of hydrogen-bond acceptors (Lipinski definition) is 5. The second-order valence-corrected chi connectivity index (χ2v) is 5.51. The van der Waals surface area contributed by atoms with Gasteiger partial charge in [0.15, 0.2) is 11.7 Å². The van der Waals surface area contributed by atoms with Crippen molar-refractivity contribution >= 4 is 17.6 Å². The highest BCUT2D eigenvalue weighted by molar-refractivity contribution is 5.91. The molecule has 132 valence electrons. The number of amides is 1. The first-order chi connectivity index (χ1) is 11.4. The van der Waals surface area contributed by atoms with Crippen LogP contribution in [0.4, 0.5) is 0 Å². The lowest BCUT2D eigenvalue weighted by Gasteiger charge is -2.20. The van der Waals surface area contributed by atoms with Crippen molar-refractivity contribution in [1.29, 1.82) is 5.41 Å². The smallest absolute Gasteiger partial charge is 0.237 e. The molecule has 1 amide bonds. The third kappa shape index (κ3) is 7.21. The molecular weight excluding hydrogens is 308 g/mol. The summed E-state index contributed by atoms with van der Waals surface area (Å²) in [5.41, 5.74) is 17.5. The Morgan fingerprint density at radius 1 is 1.21 bits per heavy atom. The maximum atomic E-state index is 12.2. The minimum atomic E-state index is -0.740. The number of hydrogen-bond donors (Lipinski definition) is 6. The molecule has 8 nitrogen and oxygen atoms in total. The van der Waals surface area contributed by atoms with Gasteiger partial charge in [0.05, 0.1) is 18.6 Å². The molecule has 0 saturated carbocycles. The van der Waals surface area contributed by atoms with Crippen molar-refractivity contribution in [3.63, 3.8) is 0 Å². The van der Waals surface area contributed by atoms with E-state index in [1.54, 1.807) is 0 Å². The van der Waals surface area contributed by atoms with Crippen LogP contribution in [0.25, 0.3) is 0 Å². The number of carbonyl (C=O) groups is 2. The number of Topliss-reactive ketones (excluding diaryl/α,β-unsaturated/α-hetero) is 1. The average Bonchev–Trinajstić information content (AvgIpc) is 2.57. The number of benzene rings is 1. The molecule has 8 heteroatoms. The number of ketones is 1. The zero-order valence-electron chi connectivity index (χ0n) is 13.6. The van der Waals surface area contributed by atoms with Gasteiger partial charge in [0.1, 0.15) is 0 Å². The molecule has 0 heterocycles. The highest BCUT2D eigenvalue weighted by atomic mass is 16.2. The highest BCUT2D eigenvalue weighted by Crippen LogP contribution is 2.04. The summed E-state index contributed by atoms with van der Waals surface area (Å²) in [6.07, 6.45) is 1.35. The predicted octanol–water partition coefficient (Wildman–Crippen LogP) is -1.17. The van der Waals surface area contributed by atoms with Crippen LogP contribution in [-0.2, 0) is 16.0 Å². The lowest BCUT2D eigenvalue weighted by molar-refractivity contribution is -0.128. The van der Waals surface area contributed by atoms with Crippen molar-refractivity contribution in [2.24, 2.45) is 17.2 Å². The first-order valence-corrected chi connectivity index (χ1v) is 7.84. The number of rotatable bonds is 10. The van der Waals surface area contributed by atoms with Crippen LogP contribution in [-0.4, -0.2) is 42.8 Å². The molecule has 0 aliphatic carbocycles. The van der Waals surface area contributed by atoms with Crippen LogP contribution in [0.3, 0.4) is 0 Å². The van der Waals surface area contributed by atoms with Crippen LogP contribution >= 0.6 is 0 Å². The fourth-order valence-electron chi connectivity index (χ4n) is 2.22. The Balaban J connectivity index is 2.53. The summed E-state index contributed by atoms with van der Waals surface area (Å²) < 4.78 is 0. The van der Waals surface area contributed by atoms with Gasteiger partial charge in [0.25, 0.3) is 0 Å². The molecule has 9 N–H and O–H groups in total. The zero-order chi connectivity index (χ0) is 17.9. The van der Waals surface area contributed by atoms with E-state index in [1.165, 1.54) is 0 Å². The fraction of sp³-hybridized carbons (Fsp3) is 0.438. The Bertz CT molecular complexity index is 549. The van der Waals surface area contributed by atoms with Crippen LogP contribution in [0.15, 0.2) is 30.3 Å². The fourth-order valence-corrected chi connectivity index (χ4v) is 2.22. The van der Waals surface area contributed by atoms with E-state index in [1.807, 2.05) is 30.3 Å². The van der Waals surface area contributed by atoms with Crippen molar-refractivity contribution in [3.05, 3.63) is 35.9 Å². The summed E-state index contributed by atoms with van der Waals surface area (Å²) >= 11 is 0. The molecule has 0 bridgehead atoms. The largest absolute Gasteiger partial charge is 0.370 e. The van der Waals surface area contributed by atoms with Crippen LogP contribution in [0.2, 0.25) is 0 Å². The maximum Gasteiger partial charge on any atom is 0.237 e. The van der Waals surface area contributed by atoms with Gasteiger partial charge in [0, 0.05) is 6.54 Å². The van der Waals surface area contributed by atoms with Crippen LogP contribution in [0.5, 0.6) is 0 Å². The second-order valence-electron chi connectivity index (χ2n) is 5.51. The van der Waals surface area contributed by atoms with Crippen molar-refractivity contribution in [1.82, 2.24) is 10.6 Å². The van der Waals surface area contributed by atoms with E-state index in [2.05, 4.69) is 10.6 Å². The number of nitrogens with two attached hydrogens (primary N) is 3. The topological polar surface area (TPSA) is 160 Å². The summed E-state index contributed by atoms with van der Waals surface area (Å²) in [4.78, 5) is 24.1. The Morgan fingerprint density at radius 3 is 2.46 bits per heavy atom. The Kier molecular flexibility index (Phi) is 8.45. The SMILES string of the molecule is N=C(N)NCCCC(NC(=O)C(N)Cc1ccccc1)C(=O)CN. The predicted molar refractivity (Wildman–Crippen MR) is 93.3 cm³/mol. The molecule has 0 fully saturated rings. The molecule has 24 heavy (non-hydrogen) atoms. The molecule has 1 aromatic carbocycles. The van der Waals surface area contributed by atoms with E-state index in [4.69, 9.17) is 22.6 Å². The molecule has 0 spiro atoms. The quantitative estimate of drug-likeness (QED) is 0.180. The monoisotopic (exact) mass is 334 g/mol. The van der Waals surface area contributed by atoms with Gasteiger partial charge in [0.2, 0.25) is 5.91 Å². The van der Waals surface area contributed by atoms with Gasteiger partial charge in [-0.3, -0.25) is 15.0 Å². The van der Waals surface area contributed by atoms with E-state index in [9.17, 15) is 9.59 Å². The van der Waals surface area contributed by atoms with E-state index in [0.29, 0.717) is 25.8 Å². The third-order valence-electron chi connectivity index (χ3n) is 3.53. The van der Waals surface area contributed by atoms with Crippen molar-refractivity contribution in [2.45, 2.75) is 31.3 Å². The van der Waals surface area contributed by atoms with E-state index >= 15 is 0 Å². The van der Waals surface area contributed by atoms with Gasteiger partial charge in [-0.25, -0.2) is 0 Å². The minimum Gasteiger partial charge on any atom is -0.370 e.